The van der Waals surface area contributed by atoms with E-state index in [2.05, 4.69) is 35.9 Å². The molecule has 2 aliphatic rings. The van der Waals surface area contributed by atoms with Crippen molar-refractivity contribution >= 4 is 0 Å². The summed E-state index contributed by atoms with van der Waals surface area (Å²) in [6.07, 6.45) is 6.96. The molecule has 0 aliphatic carbocycles. The van der Waals surface area contributed by atoms with Crippen LogP contribution in [-0.4, -0.2) is 60.6 Å². The Bertz CT molecular complexity index is 248. The van der Waals surface area contributed by atoms with Crippen molar-refractivity contribution in [3.63, 3.8) is 0 Å². The van der Waals surface area contributed by atoms with Crippen LogP contribution in [0.15, 0.2) is 0 Å². The van der Waals surface area contributed by atoms with Gasteiger partial charge in [-0.25, -0.2) is 0 Å². The fourth-order valence-corrected chi connectivity index (χ4v) is 3.68. The summed E-state index contributed by atoms with van der Waals surface area (Å²) in [6, 6.07) is 2.06. The Kier molecular flexibility index (Phi) is 6.11. The van der Waals surface area contributed by atoms with Crippen LogP contribution in [-0.2, 0) is 0 Å². The SMILES string of the molecule is CC(C)NC1CCCN(CC(C)N2CCCCC2)C1. The molecule has 1 N–H and O–H groups in total. The highest BCUT2D eigenvalue weighted by Gasteiger charge is 2.24. The van der Waals surface area contributed by atoms with Gasteiger partial charge in [-0.2, -0.15) is 0 Å². The zero-order valence-corrected chi connectivity index (χ0v) is 13.2. The van der Waals surface area contributed by atoms with Gasteiger partial charge in [0.25, 0.3) is 0 Å². The van der Waals surface area contributed by atoms with Crippen LogP contribution < -0.4 is 5.32 Å². The maximum absolute atomic E-state index is 3.71. The van der Waals surface area contributed by atoms with E-state index in [9.17, 15) is 0 Å². The number of hydrogen-bond acceptors (Lipinski definition) is 3. The zero-order chi connectivity index (χ0) is 13.7. The van der Waals surface area contributed by atoms with E-state index >= 15 is 0 Å². The zero-order valence-electron chi connectivity index (χ0n) is 13.2. The highest BCUT2D eigenvalue weighted by Crippen LogP contribution is 2.16. The molecular formula is C16H33N3. The topological polar surface area (TPSA) is 18.5 Å². The number of nitrogens with zero attached hydrogens (tertiary/aromatic N) is 2. The van der Waals surface area contributed by atoms with Gasteiger partial charge < -0.3 is 10.2 Å². The van der Waals surface area contributed by atoms with Crippen LogP contribution >= 0.6 is 0 Å². The minimum Gasteiger partial charge on any atom is -0.311 e. The molecule has 0 aromatic rings. The number of nitrogens with one attached hydrogen (secondary N) is 1. The third-order valence-corrected chi connectivity index (χ3v) is 4.61. The third-order valence-electron chi connectivity index (χ3n) is 4.61. The molecule has 0 aromatic heterocycles. The lowest BCUT2D eigenvalue weighted by molar-refractivity contribution is 0.106. The van der Waals surface area contributed by atoms with Crippen LogP contribution in [0.2, 0.25) is 0 Å². The molecule has 0 amide bonds. The fraction of sp³-hybridized carbons (Fsp3) is 1.00. The molecule has 2 rings (SSSR count). The van der Waals surface area contributed by atoms with E-state index in [-0.39, 0.29) is 0 Å². The molecule has 0 saturated carbocycles. The van der Waals surface area contributed by atoms with E-state index in [1.54, 1.807) is 0 Å². The standard InChI is InChI=1S/C16H33N3/c1-14(2)17-16-8-7-9-18(13-16)12-15(3)19-10-5-4-6-11-19/h14-17H,4-13H2,1-3H3. The Morgan fingerprint density at radius 1 is 1.00 bits per heavy atom. The molecule has 3 heteroatoms. The smallest absolute Gasteiger partial charge is 0.0197 e. The molecular weight excluding hydrogens is 234 g/mol. The Labute approximate surface area is 119 Å². The van der Waals surface area contributed by atoms with Gasteiger partial charge in [0, 0.05) is 31.2 Å². The van der Waals surface area contributed by atoms with Crippen LogP contribution in [0.1, 0.15) is 52.9 Å². The summed E-state index contributed by atoms with van der Waals surface area (Å²) in [5.41, 5.74) is 0. The van der Waals surface area contributed by atoms with Crippen LogP contribution in [0.25, 0.3) is 0 Å². The molecule has 2 fully saturated rings. The second-order valence-electron chi connectivity index (χ2n) is 6.87. The van der Waals surface area contributed by atoms with Crippen LogP contribution in [0, 0.1) is 0 Å². The Balaban J connectivity index is 1.74. The maximum Gasteiger partial charge on any atom is 0.0197 e. The monoisotopic (exact) mass is 267 g/mol. The van der Waals surface area contributed by atoms with Crippen molar-refractivity contribution in [2.75, 3.05) is 32.7 Å². The average molecular weight is 267 g/mol. The van der Waals surface area contributed by atoms with E-state index in [4.69, 9.17) is 0 Å². The van der Waals surface area contributed by atoms with Gasteiger partial charge in [-0.15, -0.1) is 0 Å². The first-order chi connectivity index (χ1) is 9.15. The first-order valence-corrected chi connectivity index (χ1v) is 8.37. The first-order valence-electron chi connectivity index (χ1n) is 8.37. The van der Waals surface area contributed by atoms with E-state index in [1.807, 2.05) is 0 Å². The first kappa shape index (κ1) is 15.3. The lowest BCUT2D eigenvalue weighted by Crippen LogP contribution is -2.52. The van der Waals surface area contributed by atoms with E-state index in [0.29, 0.717) is 12.1 Å². The third kappa shape index (κ3) is 5.05. The van der Waals surface area contributed by atoms with E-state index in [0.717, 1.165) is 6.04 Å². The molecule has 0 bridgehead atoms. The van der Waals surface area contributed by atoms with E-state index in [1.165, 1.54) is 64.8 Å². The lowest BCUT2D eigenvalue weighted by atomic mass is 10.0. The van der Waals surface area contributed by atoms with Gasteiger partial charge >= 0.3 is 0 Å². The van der Waals surface area contributed by atoms with Crippen LogP contribution in [0.4, 0.5) is 0 Å². The summed E-state index contributed by atoms with van der Waals surface area (Å²) in [5.74, 6) is 0. The van der Waals surface area contributed by atoms with Gasteiger partial charge in [0.15, 0.2) is 0 Å². The summed E-state index contributed by atoms with van der Waals surface area (Å²) < 4.78 is 0. The molecule has 2 atom stereocenters. The minimum atomic E-state index is 0.615. The number of likely N-dealkylation sites (tertiary alicyclic amines) is 2. The van der Waals surface area contributed by atoms with Gasteiger partial charge in [-0.05, 0) is 52.2 Å². The Morgan fingerprint density at radius 2 is 1.74 bits per heavy atom. The summed E-state index contributed by atoms with van der Waals surface area (Å²) in [5, 5.41) is 3.71. The molecule has 3 nitrogen and oxygen atoms in total. The van der Waals surface area contributed by atoms with Crippen molar-refractivity contribution in [3.8, 4) is 0 Å². The van der Waals surface area contributed by atoms with Crippen molar-refractivity contribution in [1.82, 2.24) is 15.1 Å². The van der Waals surface area contributed by atoms with Gasteiger partial charge in [0.05, 0.1) is 0 Å². The summed E-state index contributed by atoms with van der Waals surface area (Å²) in [7, 11) is 0. The van der Waals surface area contributed by atoms with Crippen LogP contribution in [0.3, 0.4) is 0 Å². The Hall–Kier alpha value is -0.120. The Morgan fingerprint density at radius 3 is 2.42 bits per heavy atom. The number of hydrogen-bond donors (Lipinski definition) is 1. The molecule has 2 aliphatic heterocycles. The van der Waals surface area contributed by atoms with Gasteiger partial charge in [0.1, 0.15) is 0 Å². The maximum atomic E-state index is 3.71. The number of rotatable bonds is 5. The predicted octanol–water partition coefficient (Wildman–Crippen LogP) is 2.32. The molecule has 112 valence electrons. The second-order valence-corrected chi connectivity index (χ2v) is 6.87. The quantitative estimate of drug-likeness (QED) is 0.825. The normalized spacial score (nSPS) is 28.7. The summed E-state index contributed by atoms with van der Waals surface area (Å²) in [4.78, 5) is 5.38. The van der Waals surface area contributed by atoms with Gasteiger partial charge in [-0.1, -0.05) is 20.3 Å². The van der Waals surface area contributed by atoms with Crippen molar-refractivity contribution in [2.45, 2.75) is 71.0 Å². The van der Waals surface area contributed by atoms with Gasteiger partial charge in [-0.3, -0.25) is 4.90 Å². The highest BCUT2D eigenvalue weighted by molar-refractivity contribution is 4.82. The lowest BCUT2D eigenvalue weighted by Gasteiger charge is -2.39. The molecule has 0 spiro atoms. The van der Waals surface area contributed by atoms with E-state index < -0.39 is 0 Å². The predicted molar refractivity (Wildman–Crippen MR) is 82.6 cm³/mol. The molecule has 0 radical (unpaired) electrons. The molecule has 2 saturated heterocycles. The molecule has 0 aromatic carbocycles. The second kappa shape index (κ2) is 7.61. The number of piperidine rings is 2. The largest absolute Gasteiger partial charge is 0.311 e. The summed E-state index contributed by atoms with van der Waals surface area (Å²) >= 11 is 0. The molecule has 19 heavy (non-hydrogen) atoms. The highest BCUT2D eigenvalue weighted by atomic mass is 15.2. The average Bonchev–Trinajstić information content (AvgIpc) is 2.39. The van der Waals surface area contributed by atoms with Crippen molar-refractivity contribution in [3.05, 3.63) is 0 Å². The molecule has 2 heterocycles. The fourth-order valence-electron chi connectivity index (χ4n) is 3.68. The van der Waals surface area contributed by atoms with Crippen molar-refractivity contribution in [1.29, 1.82) is 0 Å². The minimum absolute atomic E-state index is 0.615. The summed E-state index contributed by atoms with van der Waals surface area (Å²) in [6.45, 7) is 13.4. The van der Waals surface area contributed by atoms with Crippen molar-refractivity contribution in [2.24, 2.45) is 0 Å². The van der Waals surface area contributed by atoms with Crippen LogP contribution in [0.5, 0.6) is 0 Å². The van der Waals surface area contributed by atoms with Gasteiger partial charge in [0.2, 0.25) is 0 Å². The molecule has 2 unspecified atom stereocenters. The van der Waals surface area contributed by atoms with Crippen molar-refractivity contribution < 1.29 is 0 Å².